The van der Waals surface area contributed by atoms with Crippen molar-refractivity contribution in [2.24, 2.45) is 0 Å². The summed E-state index contributed by atoms with van der Waals surface area (Å²) in [7, 11) is 3.75. The summed E-state index contributed by atoms with van der Waals surface area (Å²) in [4.78, 5) is 55.2. The molecular weight excluding hydrogens is 554 g/mol. The normalized spacial score (nSPS) is 29.9. The van der Waals surface area contributed by atoms with Gasteiger partial charge in [0.1, 0.15) is 28.8 Å². The van der Waals surface area contributed by atoms with Crippen LogP contribution in [0.15, 0.2) is 33.5 Å². The van der Waals surface area contributed by atoms with Crippen LogP contribution in [-0.4, -0.2) is 65.5 Å². The molecule has 0 amide bonds. The van der Waals surface area contributed by atoms with E-state index in [1.54, 1.807) is 26.8 Å². The molecule has 1 aliphatic carbocycles. The second-order valence-electron chi connectivity index (χ2n) is 12.6. The number of likely N-dealkylation sites (N-methyl/N-ethyl adjacent to an activating group) is 1. The van der Waals surface area contributed by atoms with E-state index in [2.05, 4.69) is 0 Å². The Hall–Kier alpha value is -3.86. The highest BCUT2D eigenvalue weighted by Gasteiger charge is 2.53. The Morgan fingerprint density at radius 2 is 1.72 bits per heavy atom. The summed E-state index contributed by atoms with van der Waals surface area (Å²) in [6.07, 6.45) is -1.68. The molecule has 43 heavy (non-hydrogen) atoms. The largest absolute Gasteiger partial charge is 0.507 e. The number of esters is 1. The smallest absolute Gasteiger partial charge is 0.303 e. The van der Waals surface area contributed by atoms with Gasteiger partial charge < -0.3 is 28.6 Å². The first kappa shape index (κ1) is 29.2. The number of ether oxygens (including phenoxy) is 3. The maximum Gasteiger partial charge on any atom is 0.303 e. The number of phenols is 1. The van der Waals surface area contributed by atoms with Crippen molar-refractivity contribution in [1.82, 2.24) is 4.90 Å². The molecule has 1 N–H and O–H groups in total. The van der Waals surface area contributed by atoms with Gasteiger partial charge in [0.15, 0.2) is 11.2 Å². The summed E-state index contributed by atoms with van der Waals surface area (Å²) in [5, 5.41) is 11.8. The summed E-state index contributed by atoms with van der Waals surface area (Å²) in [6.45, 7) is 10.4. The maximum atomic E-state index is 14.2. The number of ketones is 2. The molecule has 10 nitrogen and oxygen atoms in total. The van der Waals surface area contributed by atoms with Gasteiger partial charge in [0.05, 0.1) is 40.4 Å². The summed E-state index contributed by atoms with van der Waals surface area (Å²) in [5.74, 6) is -1.62. The number of nitrogens with zero attached hydrogens (tertiary/aromatic N) is 1. The highest BCUT2D eigenvalue weighted by Crippen LogP contribution is 2.48. The SMILES string of the molecule is CC(=O)O[C@@H]1[C@H](C)O[C@H](c2ccc3c(c2O)C(=O)c2c(cc(C)c4c(=O)cc(C5(C)OC5C)oc24)C3=O)C[C@]1(C)N(C)C. The van der Waals surface area contributed by atoms with Crippen LogP contribution in [0.2, 0.25) is 0 Å². The van der Waals surface area contributed by atoms with E-state index in [0.717, 1.165) is 0 Å². The number of rotatable bonds is 4. The number of carbonyl (C=O) groups is 3. The van der Waals surface area contributed by atoms with E-state index in [1.165, 1.54) is 25.1 Å². The lowest BCUT2D eigenvalue weighted by Crippen LogP contribution is -2.61. The minimum atomic E-state index is -0.822. The summed E-state index contributed by atoms with van der Waals surface area (Å²) in [6, 6.07) is 6.03. The Morgan fingerprint density at radius 1 is 1.05 bits per heavy atom. The number of fused-ring (bicyclic) bond motifs is 4. The third kappa shape index (κ3) is 4.18. The Labute approximate surface area is 248 Å². The molecule has 1 aromatic heterocycles. The van der Waals surface area contributed by atoms with E-state index in [4.69, 9.17) is 18.6 Å². The molecule has 6 atom stereocenters. The minimum absolute atomic E-state index is 0.00201. The number of phenolic OH excluding ortho intramolecular Hbond substituents is 1. The van der Waals surface area contributed by atoms with Crippen LogP contribution in [0.4, 0.5) is 0 Å². The van der Waals surface area contributed by atoms with Crippen molar-refractivity contribution in [1.29, 1.82) is 0 Å². The van der Waals surface area contributed by atoms with Crippen LogP contribution >= 0.6 is 0 Å². The Balaban J connectivity index is 1.49. The molecule has 2 saturated heterocycles. The topological polar surface area (TPSA) is 136 Å². The lowest BCUT2D eigenvalue weighted by Gasteiger charge is -2.50. The standard InChI is InChI=1S/C33H35NO9/c1-14-11-20-26(30-24(14)21(36)12-23(42-30)33(6)16(3)43-33)29(39)25-19(27(20)37)10-9-18(28(25)38)22-13-32(5,34(7)8)31(15(2)40-22)41-17(4)35/h9-12,15-16,22,31,38H,13H2,1-8H3/t15-,16?,22-,31+,32-,33?/m0/s1. The van der Waals surface area contributed by atoms with E-state index in [1.807, 2.05) is 32.8 Å². The molecule has 0 radical (unpaired) electrons. The number of hydrogen-bond donors (Lipinski definition) is 1. The molecule has 0 saturated carbocycles. The lowest BCUT2D eigenvalue weighted by atomic mass is 9.77. The number of benzene rings is 2. The predicted molar refractivity (Wildman–Crippen MR) is 156 cm³/mol. The zero-order valence-electron chi connectivity index (χ0n) is 25.5. The van der Waals surface area contributed by atoms with E-state index in [9.17, 15) is 24.3 Å². The van der Waals surface area contributed by atoms with Gasteiger partial charge in [-0.15, -0.1) is 0 Å². The zero-order valence-corrected chi connectivity index (χ0v) is 25.5. The fourth-order valence-corrected chi connectivity index (χ4v) is 6.72. The van der Waals surface area contributed by atoms with Gasteiger partial charge in [-0.05, 0) is 72.8 Å². The number of carbonyl (C=O) groups excluding carboxylic acids is 3. The molecule has 2 fully saturated rings. The molecule has 3 heterocycles. The molecule has 0 spiro atoms. The van der Waals surface area contributed by atoms with Crippen molar-refractivity contribution in [2.75, 3.05) is 14.1 Å². The van der Waals surface area contributed by atoms with E-state index in [-0.39, 0.29) is 56.3 Å². The van der Waals surface area contributed by atoms with Gasteiger partial charge in [0.2, 0.25) is 5.78 Å². The fraction of sp³-hybridized carbons (Fsp3) is 0.455. The summed E-state index contributed by atoms with van der Waals surface area (Å²) in [5.41, 5.74) is -1.07. The molecule has 6 rings (SSSR count). The van der Waals surface area contributed by atoms with Crippen molar-refractivity contribution in [3.05, 3.63) is 73.6 Å². The second-order valence-corrected chi connectivity index (χ2v) is 12.6. The van der Waals surface area contributed by atoms with Gasteiger partial charge >= 0.3 is 5.97 Å². The van der Waals surface area contributed by atoms with Crippen molar-refractivity contribution >= 4 is 28.5 Å². The zero-order chi connectivity index (χ0) is 31.3. The molecule has 2 aromatic carbocycles. The van der Waals surface area contributed by atoms with Crippen LogP contribution in [0.3, 0.4) is 0 Å². The Morgan fingerprint density at radius 3 is 2.33 bits per heavy atom. The number of aryl methyl sites for hydroxylation is 1. The van der Waals surface area contributed by atoms with Crippen molar-refractivity contribution in [3.63, 3.8) is 0 Å². The molecule has 0 bridgehead atoms. The number of hydrogen-bond acceptors (Lipinski definition) is 10. The van der Waals surface area contributed by atoms with Crippen molar-refractivity contribution in [3.8, 4) is 5.75 Å². The average molecular weight is 590 g/mol. The molecule has 10 heteroatoms. The fourth-order valence-electron chi connectivity index (χ4n) is 6.72. The van der Waals surface area contributed by atoms with E-state index < -0.39 is 47.0 Å². The first-order valence-electron chi connectivity index (χ1n) is 14.3. The highest BCUT2D eigenvalue weighted by atomic mass is 16.6. The first-order chi connectivity index (χ1) is 20.1. The van der Waals surface area contributed by atoms with Crippen LogP contribution in [0, 0.1) is 6.92 Å². The third-order valence-corrected chi connectivity index (χ3v) is 9.66. The van der Waals surface area contributed by atoms with Crippen LogP contribution < -0.4 is 5.43 Å². The number of epoxide rings is 1. The van der Waals surface area contributed by atoms with Gasteiger partial charge in [-0.2, -0.15) is 0 Å². The minimum Gasteiger partial charge on any atom is -0.507 e. The van der Waals surface area contributed by atoms with Gasteiger partial charge in [-0.25, -0.2) is 0 Å². The predicted octanol–water partition coefficient (Wildman–Crippen LogP) is 4.32. The second kappa shape index (κ2) is 9.57. The average Bonchev–Trinajstić information content (AvgIpc) is 3.55. The summed E-state index contributed by atoms with van der Waals surface area (Å²) >= 11 is 0. The van der Waals surface area contributed by atoms with Gasteiger partial charge in [0.25, 0.3) is 0 Å². The van der Waals surface area contributed by atoms with Crippen molar-refractivity contribution in [2.45, 2.75) is 83.5 Å². The van der Waals surface area contributed by atoms with E-state index in [0.29, 0.717) is 17.5 Å². The van der Waals surface area contributed by atoms with Crippen LogP contribution in [0.25, 0.3) is 11.0 Å². The van der Waals surface area contributed by atoms with Crippen LogP contribution in [-0.2, 0) is 24.6 Å². The third-order valence-electron chi connectivity index (χ3n) is 9.66. The monoisotopic (exact) mass is 589 g/mol. The van der Waals surface area contributed by atoms with Crippen LogP contribution in [0.5, 0.6) is 5.75 Å². The first-order valence-corrected chi connectivity index (χ1v) is 14.3. The number of aromatic hydroxyl groups is 1. The van der Waals surface area contributed by atoms with Gasteiger partial charge in [-0.1, -0.05) is 6.07 Å². The van der Waals surface area contributed by atoms with Gasteiger partial charge in [-0.3, -0.25) is 19.2 Å². The van der Waals surface area contributed by atoms with E-state index >= 15 is 0 Å². The highest BCUT2D eigenvalue weighted by molar-refractivity contribution is 6.32. The molecular formula is C33H35NO9. The maximum absolute atomic E-state index is 14.2. The lowest BCUT2D eigenvalue weighted by molar-refractivity contribution is -0.201. The molecule has 2 aliphatic heterocycles. The Kier molecular flexibility index (Phi) is 6.50. The quantitative estimate of drug-likeness (QED) is 0.271. The molecule has 3 aromatic rings. The summed E-state index contributed by atoms with van der Waals surface area (Å²) < 4.78 is 23.8. The van der Waals surface area contributed by atoms with Crippen molar-refractivity contribution < 1.29 is 38.1 Å². The molecule has 2 unspecified atom stereocenters. The molecule has 3 aliphatic rings. The van der Waals surface area contributed by atoms with Gasteiger partial charge in [0, 0.05) is 29.7 Å². The molecule has 226 valence electrons. The Bertz CT molecular complexity index is 1810. The van der Waals surface area contributed by atoms with Crippen LogP contribution in [0.1, 0.15) is 95.9 Å².